The fourth-order valence-corrected chi connectivity index (χ4v) is 3.28. The van der Waals surface area contributed by atoms with Crippen LogP contribution in [0.15, 0.2) is 24.3 Å². The molecule has 0 aromatic heterocycles. The van der Waals surface area contributed by atoms with Crippen LogP contribution in [0.1, 0.15) is 26.2 Å². The van der Waals surface area contributed by atoms with Crippen molar-refractivity contribution in [1.82, 2.24) is 4.90 Å². The molecule has 0 saturated carbocycles. The molecule has 2 amide bonds. The van der Waals surface area contributed by atoms with Crippen molar-refractivity contribution in [2.75, 3.05) is 37.7 Å². The van der Waals surface area contributed by atoms with E-state index in [2.05, 4.69) is 6.92 Å². The standard InChI is InChI=1S/C18H25N3O3/c1-18(12-19)8-10-20(13-18)17(23)11-24-15-6-4-14(5-7-15)21-9-2-3-16(21)22/h4-7H,2-3,8-13,19H2,1H3. The largest absolute Gasteiger partial charge is 0.484 e. The lowest BCUT2D eigenvalue weighted by Gasteiger charge is -2.22. The summed E-state index contributed by atoms with van der Waals surface area (Å²) in [5.41, 5.74) is 6.69. The van der Waals surface area contributed by atoms with Gasteiger partial charge in [-0.05, 0) is 49.1 Å². The van der Waals surface area contributed by atoms with Crippen LogP contribution in [-0.2, 0) is 9.59 Å². The lowest BCUT2D eigenvalue weighted by molar-refractivity contribution is -0.132. The quantitative estimate of drug-likeness (QED) is 0.885. The summed E-state index contributed by atoms with van der Waals surface area (Å²) in [5, 5.41) is 0. The first-order valence-corrected chi connectivity index (χ1v) is 8.52. The number of hydrogen-bond donors (Lipinski definition) is 1. The summed E-state index contributed by atoms with van der Waals surface area (Å²) in [6.45, 7) is 4.94. The van der Waals surface area contributed by atoms with Crippen molar-refractivity contribution >= 4 is 17.5 Å². The van der Waals surface area contributed by atoms with E-state index in [0.717, 1.165) is 31.6 Å². The minimum atomic E-state index is -0.00836. The number of rotatable bonds is 5. The summed E-state index contributed by atoms with van der Waals surface area (Å²) in [5.74, 6) is 0.793. The molecule has 0 aliphatic carbocycles. The molecule has 1 atom stereocenters. The van der Waals surface area contributed by atoms with Crippen LogP contribution in [0.25, 0.3) is 0 Å². The van der Waals surface area contributed by atoms with Crippen LogP contribution in [0, 0.1) is 5.41 Å². The minimum absolute atomic E-state index is 0.00836. The Bertz CT molecular complexity index is 616. The zero-order valence-corrected chi connectivity index (χ0v) is 14.2. The smallest absolute Gasteiger partial charge is 0.260 e. The number of hydrogen-bond acceptors (Lipinski definition) is 4. The molecule has 2 heterocycles. The number of nitrogens with zero attached hydrogens (tertiary/aromatic N) is 2. The molecule has 2 aliphatic heterocycles. The molecule has 2 fully saturated rings. The van der Waals surface area contributed by atoms with Gasteiger partial charge < -0.3 is 20.3 Å². The van der Waals surface area contributed by atoms with Gasteiger partial charge in [-0.1, -0.05) is 6.92 Å². The maximum Gasteiger partial charge on any atom is 0.260 e. The molecule has 1 unspecified atom stereocenters. The Kier molecular flexibility index (Phi) is 4.76. The fraction of sp³-hybridized carbons (Fsp3) is 0.556. The van der Waals surface area contributed by atoms with Gasteiger partial charge >= 0.3 is 0 Å². The van der Waals surface area contributed by atoms with Crippen molar-refractivity contribution < 1.29 is 14.3 Å². The molecule has 2 N–H and O–H groups in total. The number of nitrogens with two attached hydrogens (primary N) is 1. The molecular formula is C18H25N3O3. The summed E-state index contributed by atoms with van der Waals surface area (Å²) in [7, 11) is 0. The zero-order valence-electron chi connectivity index (χ0n) is 14.2. The van der Waals surface area contributed by atoms with E-state index < -0.39 is 0 Å². The van der Waals surface area contributed by atoms with Crippen molar-refractivity contribution in [3.8, 4) is 5.75 Å². The van der Waals surface area contributed by atoms with E-state index in [9.17, 15) is 9.59 Å². The molecule has 2 saturated heterocycles. The van der Waals surface area contributed by atoms with E-state index in [1.807, 2.05) is 29.2 Å². The van der Waals surface area contributed by atoms with Gasteiger partial charge in [0.05, 0.1) is 0 Å². The highest BCUT2D eigenvalue weighted by Gasteiger charge is 2.34. The molecule has 0 radical (unpaired) electrons. The molecule has 130 valence electrons. The number of carbonyl (C=O) groups is 2. The second-order valence-electron chi connectivity index (χ2n) is 7.01. The Morgan fingerprint density at radius 3 is 2.62 bits per heavy atom. The number of ether oxygens (including phenoxy) is 1. The zero-order chi connectivity index (χ0) is 17.2. The average molecular weight is 331 g/mol. The third-order valence-corrected chi connectivity index (χ3v) is 4.99. The molecule has 0 spiro atoms. The van der Waals surface area contributed by atoms with Gasteiger partial charge in [0, 0.05) is 31.7 Å². The van der Waals surface area contributed by atoms with Crippen LogP contribution in [0.2, 0.25) is 0 Å². The molecule has 2 aliphatic rings. The summed E-state index contributed by atoms with van der Waals surface area (Å²) in [6, 6.07) is 7.35. The van der Waals surface area contributed by atoms with E-state index in [4.69, 9.17) is 10.5 Å². The lowest BCUT2D eigenvalue weighted by atomic mass is 9.90. The van der Waals surface area contributed by atoms with Crippen LogP contribution >= 0.6 is 0 Å². The second kappa shape index (κ2) is 6.81. The lowest BCUT2D eigenvalue weighted by Crippen LogP contribution is -2.36. The van der Waals surface area contributed by atoms with Crippen molar-refractivity contribution in [2.24, 2.45) is 11.1 Å². The first-order valence-electron chi connectivity index (χ1n) is 8.52. The Morgan fingerprint density at radius 2 is 2.04 bits per heavy atom. The third kappa shape index (κ3) is 3.53. The van der Waals surface area contributed by atoms with E-state index in [0.29, 0.717) is 25.3 Å². The van der Waals surface area contributed by atoms with Crippen LogP contribution < -0.4 is 15.4 Å². The highest BCUT2D eigenvalue weighted by Crippen LogP contribution is 2.28. The molecule has 1 aromatic carbocycles. The number of amides is 2. The number of anilines is 1. The molecular weight excluding hydrogens is 306 g/mol. The molecule has 3 rings (SSSR count). The van der Waals surface area contributed by atoms with Crippen LogP contribution in [0.4, 0.5) is 5.69 Å². The average Bonchev–Trinajstić information content (AvgIpc) is 3.20. The van der Waals surface area contributed by atoms with Crippen LogP contribution in [0.5, 0.6) is 5.75 Å². The molecule has 6 heteroatoms. The predicted molar refractivity (Wildman–Crippen MR) is 91.9 cm³/mol. The van der Waals surface area contributed by atoms with E-state index in [-0.39, 0.29) is 23.8 Å². The van der Waals surface area contributed by atoms with E-state index in [1.165, 1.54) is 0 Å². The topological polar surface area (TPSA) is 75.9 Å². The predicted octanol–water partition coefficient (Wildman–Crippen LogP) is 1.39. The third-order valence-electron chi connectivity index (χ3n) is 4.99. The van der Waals surface area contributed by atoms with Gasteiger partial charge in [0.15, 0.2) is 6.61 Å². The maximum atomic E-state index is 12.2. The first-order chi connectivity index (χ1) is 11.5. The van der Waals surface area contributed by atoms with Crippen molar-refractivity contribution in [1.29, 1.82) is 0 Å². The molecule has 24 heavy (non-hydrogen) atoms. The van der Waals surface area contributed by atoms with Crippen molar-refractivity contribution in [2.45, 2.75) is 26.2 Å². The van der Waals surface area contributed by atoms with Crippen LogP contribution in [-0.4, -0.2) is 49.5 Å². The summed E-state index contributed by atoms with van der Waals surface area (Å²) in [4.78, 5) is 27.6. The van der Waals surface area contributed by atoms with Gasteiger partial charge in [0.25, 0.3) is 5.91 Å². The van der Waals surface area contributed by atoms with E-state index >= 15 is 0 Å². The van der Waals surface area contributed by atoms with Gasteiger partial charge in [-0.3, -0.25) is 9.59 Å². The molecule has 6 nitrogen and oxygen atoms in total. The highest BCUT2D eigenvalue weighted by atomic mass is 16.5. The number of benzene rings is 1. The van der Waals surface area contributed by atoms with Gasteiger partial charge in [-0.15, -0.1) is 0 Å². The Morgan fingerprint density at radius 1 is 1.29 bits per heavy atom. The minimum Gasteiger partial charge on any atom is -0.484 e. The van der Waals surface area contributed by atoms with Gasteiger partial charge in [0.2, 0.25) is 5.91 Å². The summed E-state index contributed by atoms with van der Waals surface area (Å²) < 4.78 is 5.60. The molecule has 0 bridgehead atoms. The van der Waals surface area contributed by atoms with E-state index in [1.54, 1.807) is 4.90 Å². The van der Waals surface area contributed by atoms with Gasteiger partial charge in [-0.25, -0.2) is 0 Å². The Labute approximate surface area is 142 Å². The molecule has 1 aromatic rings. The summed E-state index contributed by atoms with van der Waals surface area (Å²) >= 11 is 0. The van der Waals surface area contributed by atoms with Gasteiger partial charge in [-0.2, -0.15) is 0 Å². The number of likely N-dealkylation sites (tertiary alicyclic amines) is 1. The maximum absolute atomic E-state index is 12.2. The monoisotopic (exact) mass is 331 g/mol. The highest BCUT2D eigenvalue weighted by molar-refractivity contribution is 5.95. The fourth-order valence-electron chi connectivity index (χ4n) is 3.28. The van der Waals surface area contributed by atoms with Crippen molar-refractivity contribution in [3.63, 3.8) is 0 Å². The number of carbonyl (C=O) groups excluding carboxylic acids is 2. The summed E-state index contributed by atoms with van der Waals surface area (Å²) in [6.07, 6.45) is 2.46. The first kappa shape index (κ1) is 16.8. The van der Waals surface area contributed by atoms with Crippen LogP contribution in [0.3, 0.4) is 0 Å². The second-order valence-corrected chi connectivity index (χ2v) is 7.01. The van der Waals surface area contributed by atoms with Crippen molar-refractivity contribution in [3.05, 3.63) is 24.3 Å². The SMILES string of the molecule is CC1(CN)CCN(C(=O)COc2ccc(N3CCCC3=O)cc2)C1. The Hall–Kier alpha value is -2.08. The van der Waals surface area contributed by atoms with Gasteiger partial charge in [0.1, 0.15) is 5.75 Å². The Balaban J connectivity index is 1.52. The normalized spacial score (nSPS) is 23.8.